The Morgan fingerprint density at radius 2 is 1.79 bits per heavy atom. The molecule has 1 aromatic heterocycles. The number of nitrogens with zero attached hydrogens (tertiary/aromatic N) is 2. The van der Waals surface area contributed by atoms with Crippen molar-refractivity contribution in [2.75, 3.05) is 19.5 Å². The molecule has 8 heteroatoms. The highest BCUT2D eigenvalue weighted by Crippen LogP contribution is 2.28. The van der Waals surface area contributed by atoms with Crippen LogP contribution < -0.4 is 10.1 Å². The Morgan fingerprint density at radius 1 is 1.04 bits per heavy atom. The topological polar surface area (TPSA) is 104 Å². The van der Waals surface area contributed by atoms with Crippen molar-refractivity contribution in [3.05, 3.63) is 60.0 Å². The number of para-hydroxylation sites is 2. The van der Waals surface area contributed by atoms with E-state index in [1.54, 1.807) is 37.4 Å². The van der Waals surface area contributed by atoms with Gasteiger partial charge in [-0.1, -0.05) is 24.3 Å². The number of benzene rings is 2. The number of anilines is 1. The van der Waals surface area contributed by atoms with Gasteiger partial charge in [-0.25, -0.2) is 4.79 Å². The summed E-state index contributed by atoms with van der Waals surface area (Å²) in [4.78, 5) is 24.0. The number of methoxy groups -OCH3 is 2. The van der Waals surface area contributed by atoms with E-state index in [4.69, 9.17) is 13.9 Å². The fraction of sp³-hybridized carbons (Fsp3) is 0.200. The highest BCUT2D eigenvalue weighted by atomic mass is 16.5. The Labute approximate surface area is 161 Å². The normalized spacial score (nSPS) is 10.4. The SMILES string of the molecule is COC(=O)c1ccccc1NC(=O)CCc1nnc(-c2ccccc2OC)o1. The molecule has 0 unspecified atom stereocenters. The zero-order valence-electron chi connectivity index (χ0n) is 15.5. The van der Waals surface area contributed by atoms with Crippen LogP contribution in [-0.4, -0.2) is 36.3 Å². The van der Waals surface area contributed by atoms with E-state index in [-0.39, 0.29) is 24.3 Å². The fourth-order valence-electron chi connectivity index (χ4n) is 2.60. The second-order valence-electron chi connectivity index (χ2n) is 5.79. The van der Waals surface area contributed by atoms with Gasteiger partial charge in [0.25, 0.3) is 5.89 Å². The van der Waals surface area contributed by atoms with Crippen LogP contribution in [0.3, 0.4) is 0 Å². The molecule has 1 N–H and O–H groups in total. The molecule has 0 radical (unpaired) electrons. The van der Waals surface area contributed by atoms with Crippen LogP contribution in [0.5, 0.6) is 5.75 Å². The first-order valence-corrected chi connectivity index (χ1v) is 8.55. The van der Waals surface area contributed by atoms with Crippen molar-refractivity contribution in [3.63, 3.8) is 0 Å². The summed E-state index contributed by atoms with van der Waals surface area (Å²) in [6.45, 7) is 0. The maximum atomic E-state index is 12.3. The van der Waals surface area contributed by atoms with E-state index in [9.17, 15) is 9.59 Å². The highest BCUT2D eigenvalue weighted by Gasteiger charge is 2.16. The van der Waals surface area contributed by atoms with E-state index in [0.29, 0.717) is 28.8 Å². The molecule has 3 rings (SSSR count). The van der Waals surface area contributed by atoms with Crippen molar-refractivity contribution in [2.45, 2.75) is 12.8 Å². The summed E-state index contributed by atoms with van der Waals surface area (Å²) in [5, 5.41) is 10.7. The van der Waals surface area contributed by atoms with Gasteiger partial charge in [0, 0.05) is 12.8 Å². The van der Waals surface area contributed by atoms with Crippen LogP contribution in [0.4, 0.5) is 5.69 Å². The molecule has 28 heavy (non-hydrogen) atoms. The quantitative estimate of drug-likeness (QED) is 0.627. The number of hydrogen-bond acceptors (Lipinski definition) is 7. The molecule has 0 spiro atoms. The van der Waals surface area contributed by atoms with Crippen molar-refractivity contribution in [2.24, 2.45) is 0 Å². The number of aryl methyl sites for hydroxylation is 1. The fourth-order valence-corrected chi connectivity index (χ4v) is 2.60. The minimum atomic E-state index is -0.519. The lowest BCUT2D eigenvalue weighted by molar-refractivity contribution is -0.116. The van der Waals surface area contributed by atoms with Gasteiger partial charge in [-0.3, -0.25) is 4.79 Å². The minimum Gasteiger partial charge on any atom is -0.496 e. The maximum absolute atomic E-state index is 12.3. The zero-order valence-corrected chi connectivity index (χ0v) is 15.5. The van der Waals surface area contributed by atoms with E-state index in [1.807, 2.05) is 18.2 Å². The third kappa shape index (κ3) is 4.35. The van der Waals surface area contributed by atoms with Gasteiger partial charge in [-0.15, -0.1) is 10.2 Å². The summed E-state index contributed by atoms with van der Waals surface area (Å²) in [6, 6.07) is 13.9. The summed E-state index contributed by atoms with van der Waals surface area (Å²) >= 11 is 0. The molecule has 8 nitrogen and oxygen atoms in total. The first-order valence-electron chi connectivity index (χ1n) is 8.55. The van der Waals surface area contributed by atoms with E-state index in [1.165, 1.54) is 7.11 Å². The number of rotatable bonds is 7. The van der Waals surface area contributed by atoms with E-state index < -0.39 is 5.97 Å². The molecule has 0 atom stereocenters. The first-order chi connectivity index (χ1) is 13.6. The molecule has 0 aliphatic heterocycles. The van der Waals surface area contributed by atoms with Crippen molar-refractivity contribution in [3.8, 4) is 17.2 Å². The molecule has 0 saturated carbocycles. The Hall–Kier alpha value is -3.68. The number of amides is 1. The zero-order chi connectivity index (χ0) is 19.9. The molecular formula is C20H19N3O5. The largest absolute Gasteiger partial charge is 0.496 e. The molecule has 1 heterocycles. The van der Waals surface area contributed by atoms with Gasteiger partial charge in [0.2, 0.25) is 11.8 Å². The van der Waals surface area contributed by atoms with Gasteiger partial charge in [0.05, 0.1) is 31.0 Å². The standard InChI is InChI=1S/C20H19N3O5/c1-26-16-10-6-4-8-14(16)19-23-22-18(28-19)12-11-17(24)21-15-9-5-3-7-13(15)20(25)27-2/h3-10H,11-12H2,1-2H3,(H,21,24). The minimum absolute atomic E-state index is 0.114. The van der Waals surface area contributed by atoms with Crippen molar-refractivity contribution in [1.82, 2.24) is 10.2 Å². The predicted octanol–water partition coefficient (Wildman–Crippen LogP) is 3.10. The number of ether oxygens (including phenoxy) is 2. The lowest BCUT2D eigenvalue weighted by Crippen LogP contribution is -2.15. The van der Waals surface area contributed by atoms with Gasteiger partial charge < -0.3 is 19.2 Å². The summed E-state index contributed by atoms with van der Waals surface area (Å²) in [7, 11) is 2.85. The molecular weight excluding hydrogens is 362 g/mol. The number of nitrogens with one attached hydrogen (secondary N) is 1. The van der Waals surface area contributed by atoms with Crippen LogP contribution in [0.25, 0.3) is 11.5 Å². The molecule has 0 fully saturated rings. The van der Waals surface area contributed by atoms with Gasteiger partial charge in [0.1, 0.15) is 5.75 Å². The summed E-state index contributed by atoms with van der Waals surface area (Å²) in [5.74, 6) is 0.471. The number of carbonyl (C=O) groups is 2. The molecule has 0 saturated heterocycles. The van der Waals surface area contributed by atoms with Gasteiger partial charge in [0.15, 0.2) is 0 Å². The lowest BCUT2D eigenvalue weighted by Gasteiger charge is -2.09. The number of hydrogen-bond donors (Lipinski definition) is 1. The molecule has 0 aliphatic carbocycles. The molecule has 0 bridgehead atoms. The summed E-state index contributed by atoms with van der Waals surface area (Å²) in [6.07, 6.45) is 0.372. The van der Waals surface area contributed by atoms with E-state index in [0.717, 1.165) is 0 Å². The van der Waals surface area contributed by atoms with Crippen LogP contribution in [0.15, 0.2) is 52.9 Å². The van der Waals surface area contributed by atoms with Crippen molar-refractivity contribution < 1.29 is 23.5 Å². The Balaban J connectivity index is 1.63. The van der Waals surface area contributed by atoms with Gasteiger partial charge in [-0.2, -0.15) is 0 Å². The second kappa shape index (κ2) is 8.81. The predicted molar refractivity (Wildman–Crippen MR) is 101 cm³/mol. The lowest BCUT2D eigenvalue weighted by atomic mass is 10.1. The Bertz CT molecular complexity index is 983. The van der Waals surface area contributed by atoms with Crippen molar-refractivity contribution >= 4 is 17.6 Å². The summed E-state index contributed by atoms with van der Waals surface area (Å²) in [5.41, 5.74) is 1.36. The third-order valence-corrected chi connectivity index (χ3v) is 3.98. The average molecular weight is 381 g/mol. The number of esters is 1. The monoisotopic (exact) mass is 381 g/mol. The molecule has 3 aromatic rings. The molecule has 0 aliphatic rings. The van der Waals surface area contributed by atoms with E-state index >= 15 is 0 Å². The molecule has 1 amide bonds. The first kappa shape index (κ1) is 19.1. The van der Waals surface area contributed by atoms with E-state index in [2.05, 4.69) is 15.5 Å². The van der Waals surface area contributed by atoms with Crippen LogP contribution in [0.1, 0.15) is 22.7 Å². The van der Waals surface area contributed by atoms with Crippen LogP contribution in [-0.2, 0) is 16.0 Å². The second-order valence-corrected chi connectivity index (χ2v) is 5.79. The maximum Gasteiger partial charge on any atom is 0.339 e. The number of aromatic nitrogens is 2. The molecule has 144 valence electrons. The van der Waals surface area contributed by atoms with Crippen molar-refractivity contribution in [1.29, 1.82) is 0 Å². The summed E-state index contributed by atoms with van der Waals surface area (Å²) < 4.78 is 15.6. The number of carbonyl (C=O) groups excluding carboxylic acids is 2. The van der Waals surface area contributed by atoms with Gasteiger partial charge >= 0.3 is 5.97 Å². The average Bonchev–Trinajstić information content (AvgIpc) is 3.21. The Morgan fingerprint density at radius 3 is 2.57 bits per heavy atom. The smallest absolute Gasteiger partial charge is 0.339 e. The van der Waals surface area contributed by atoms with Crippen LogP contribution in [0.2, 0.25) is 0 Å². The highest BCUT2D eigenvalue weighted by molar-refractivity contribution is 6.01. The van der Waals surface area contributed by atoms with Crippen LogP contribution in [0, 0.1) is 0 Å². The Kier molecular flexibility index (Phi) is 6.01. The van der Waals surface area contributed by atoms with Crippen LogP contribution >= 0.6 is 0 Å². The van der Waals surface area contributed by atoms with Gasteiger partial charge in [-0.05, 0) is 24.3 Å². The third-order valence-electron chi connectivity index (χ3n) is 3.98. The molecule has 2 aromatic carbocycles.